The van der Waals surface area contributed by atoms with Gasteiger partial charge in [0, 0.05) is 23.6 Å². The SMILES string of the molecule is CN1CC(C)(C)Nc2cc(Br)ccc21. The van der Waals surface area contributed by atoms with Gasteiger partial charge in [-0.2, -0.15) is 0 Å². The van der Waals surface area contributed by atoms with Gasteiger partial charge in [0.25, 0.3) is 0 Å². The number of anilines is 2. The van der Waals surface area contributed by atoms with E-state index in [-0.39, 0.29) is 5.54 Å². The molecule has 0 bridgehead atoms. The summed E-state index contributed by atoms with van der Waals surface area (Å²) in [6, 6.07) is 6.35. The minimum atomic E-state index is 0.141. The third-order valence-corrected chi connectivity index (χ3v) is 2.97. The first kappa shape index (κ1) is 9.84. The molecule has 14 heavy (non-hydrogen) atoms. The van der Waals surface area contributed by atoms with Crippen LogP contribution in [0.5, 0.6) is 0 Å². The first-order valence-corrected chi connectivity index (χ1v) is 5.56. The summed E-state index contributed by atoms with van der Waals surface area (Å²) in [7, 11) is 2.13. The van der Waals surface area contributed by atoms with Gasteiger partial charge in [0.2, 0.25) is 0 Å². The Morgan fingerprint density at radius 3 is 2.86 bits per heavy atom. The molecular formula is C11H15BrN2. The summed E-state index contributed by atoms with van der Waals surface area (Å²) in [5, 5.41) is 3.54. The zero-order valence-electron chi connectivity index (χ0n) is 8.76. The predicted molar refractivity (Wildman–Crippen MR) is 65.1 cm³/mol. The Bertz CT molecular complexity index is 360. The number of hydrogen-bond acceptors (Lipinski definition) is 2. The number of nitrogens with one attached hydrogen (secondary N) is 1. The lowest BCUT2D eigenvalue weighted by molar-refractivity contribution is 0.550. The van der Waals surface area contributed by atoms with E-state index in [1.54, 1.807) is 0 Å². The van der Waals surface area contributed by atoms with Crippen molar-refractivity contribution in [2.24, 2.45) is 0 Å². The number of halogens is 1. The molecule has 3 heteroatoms. The summed E-state index contributed by atoms with van der Waals surface area (Å²) >= 11 is 3.49. The average molecular weight is 255 g/mol. The number of hydrogen-bond donors (Lipinski definition) is 1. The van der Waals surface area contributed by atoms with Crippen molar-refractivity contribution in [1.29, 1.82) is 0 Å². The van der Waals surface area contributed by atoms with Gasteiger partial charge in [0.15, 0.2) is 0 Å². The Morgan fingerprint density at radius 1 is 1.43 bits per heavy atom. The molecule has 0 aromatic heterocycles. The Hall–Kier alpha value is -0.700. The Kier molecular flexibility index (Phi) is 2.22. The monoisotopic (exact) mass is 254 g/mol. The van der Waals surface area contributed by atoms with Crippen molar-refractivity contribution in [1.82, 2.24) is 0 Å². The molecule has 0 amide bonds. The number of fused-ring (bicyclic) bond motifs is 1. The van der Waals surface area contributed by atoms with E-state index in [2.05, 4.69) is 65.2 Å². The highest BCUT2D eigenvalue weighted by Gasteiger charge is 2.27. The van der Waals surface area contributed by atoms with Gasteiger partial charge in [-0.1, -0.05) is 15.9 Å². The van der Waals surface area contributed by atoms with Crippen molar-refractivity contribution >= 4 is 27.3 Å². The van der Waals surface area contributed by atoms with Crippen molar-refractivity contribution in [3.05, 3.63) is 22.7 Å². The van der Waals surface area contributed by atoms with Crippen molar-refractivity contribution in [2.45, 2.75) is 19.4 Å². The van der Waals surface area contributed by atoms with E-state index in [4.69, 9.17) is 0 Å². The summed E-state index contributed by atoms with van der Waals surface area (Å²) < 4.78 is 1.12. The number of benzene rings is 1. The molecule has 0 unspecified atom stereocenters. The van der Waals surface area contributed by atoms with Crippen LogP contribution in [0.1, 0.15) is 13.8 Å². The van der Waals surface area contributed by atoms with E-state index in [0.717, 1.165) is 11.0 Å². The lowest BCUT2D eigenvalue weighted by Crippen LogP contribution is -2.46. The average Bonchev–Trinajstić information content (AvgIpc) is 2.00. The van der Waals surface area contributed by atoms with Gasteiger partial charge < -0.3 is 10.2 Å². The molecule has 2 rings (SSSR count). The van der Waals surface area contributed by atoms with Gasteiger partial charge in [-0.15, -0.1) is 0 Å². The van der Waals surface area contributed by atoms with E-state index >= 15 is 0 Å². The van der Waals surface area contributed by atoms with Crippen LogP contribution in [0.3, 0.4) is 0 Å². The number of nitrogens with zero attached hydrogens (tertiary/aromatic N) is 1. The lowest BCUT2D eigenvalue weighted by atomic mass is 10.00. The number of likely N-dealkylation sites (N-methyl/N-ethyl adjacent to an activating group) is 1. The van der Waals surface area contributed by atoms with Gasteiger partial charge in [-0.25, -0.2) is 0 Å². The molecule has 1 aromatic carbocycles. The maximum Gasteiger partial charge on any atom is 0.0601 e. The summed E-state index contributed by atoms with van der Waals surface area (Å²) in [4.78, 5) is 2.29. The quantitative estimate of drug-likeness (QED) is 0.766. The third-order valence-electron chi connectivity index (χ3n) is 2.48. The molecule has 76 valence electrons. The van der Waals surface area contributed by atoms with E-state index in [0.29, 0.717) is 0 Å². The maximum absolute atomic E-state index is 3.54. The minimum absolute atomic E-state index is 0.141. The van der Waals surface area contributed by atoms with Crippen LogP contribution in [0.25, 0.3) is 0 Å². The highest BCUT2D eigenvalue weighted by atomic mass is 79.9. The zero-order chi connectivity index (χ0) is 10.3. The molecule has 1 heterocycles. The van der Waals surface area contributed by atoms with Gasteiger partial charge in [0.1, 0.15) is 0 Å². The van der Waals surface area contributed by atoms with Crippen LogP contribution in [-0.2, 0) is 0 Å². The van der Waals surface area contributed by atoms with Crippen LogP contribution in [0, 0.1) is 0 Å². The first-order valence-electron chi connectivity index (χ1n) is 4.77. The number of rotatable bonds is 0. The van der Waals surface area contributed by atoms with Gasteiger partial charge >= 0.3 is 0 Å². The second kappa shape index (κ2) is 3.16. The first-order chi connectivity index (χ1) is 6.48. The van der Waals surface area contributed by atoms with Crippen molar-refractivity contribution in [2.75, 3.05) is 23.8 Å². The minimum Gasteiger partial charge on any atom is -0.377 e. The Morgan fingerprint density at radius 2 is 2.14 bits per heavy atom. The topological polar surface area (TPSA) is 15.3 Å². The van der Waals surface area contributed by atoms with E-state index in [9.17, 15) is 0 Å². The molecule has 1 N–H and O–H groups in total. The largest absolute Gasteiger partial charge is 0.377 e. The molecule has 0 radical (unpaired) electrons. The highest BCUT2D eigenvalue weighted by Crippen LogP contribution is 2.35. The fourth-order valence-electron chi connectivity index (χ4n) is 2.02. The highest BCUT2D eigenvalue weighted by molar-refractivity contribution is 9.10. The molecule has 0 atom stereocenters. The Balaban J connectivity index is 2.46. The van der Waals surface area contributed by atoms with Gasteiger partial charge in [-0.05, 0) is 32.0 Å². The second-order valence-corrected chi connectivity index (χ2v) is 5.44. The molecule has 1 aromatic rings. The molecule has 1 aliphatic rings. The molecule has 2 nitrogen and oxygen atoms in total. The molecule has 0 aliphatic carbocycles. The summed E-state index contributed by atoms with van der Waals surface area (Å²) in [5.74, 6) is 0. The van der Waals surface area contributed by atoms with Crippen molar-refractivity contribution in [3.8, 4) is 0 Å². The fourth-order valence-corrected chi connectivity index (χ4v) is 2.38. The van der Waals surface area contributed by atoms with Gasteiger partial charge in [-0.3, -0.25) is 0 Å². The summed E-state index contributed by atoms with van der Waals surface area (Å²) in [6.07, 6.45) is 0. The van der Waals surface area contributed by atoms with Crippen LogP contribution in [0.4, 0.5) is 11.4 Å². The van der Waals surface area contributed by atoms with Crippen LogP contribution in [0.2, 0.25) is 0 Å². The van der Waals surface area contributed by atoms with Crippen molar-refractivity contribution in [3.63, 3.8) is 0 Å². The Labute approximate surface area is 93.4 Å². The predicted octanol–water partition coefficient (Wildman–Crippen LogP) is 3.09. The van der Waals surface area contributed by atoms with Crippen molar-refractivity contribution < 1.29 is 0 Å². The molecule has 1 aliphatic heterocycles. The van der Waals surface area contributed by atoms with E-state index in [1.807, 2.05) is 0 Å². The zero-order valence-corrected chi connectivity index (χ0v) is 10.4. The van der Waals surface area contributed by atoms with E-state index in [1.165, 1.54) is 11.4 Å². The maximum atomic E-state index is 3.54. The second-order valence-electron chi connectivity index (χ2n) is 4.53. The molecular weight excluding hydrogens is 240 g/mol. The third kappa shape index (κ3) is 1.73. The molecule has 0 spiro atoms. The van der Waals surface area contributed by atoms with E-state index < -0.39 is 0 Å². The fraction of sp³-hybridized carbons (Fsp3) is 0.455. The molecule has 0 saturated carbocycles. The lowest BCUT2D eigenvalue weighted by Gasteiger charge is -2.40. The smallest absolute Gasteiger partial charge is 0.0601 e. The van der Waals surface area contributed by atoms with Crippen LogP contribution in [-0.4, -0.2) is 19.1 Å². The van der Waals surface area contributed by atoms with Crippen LogP contribution >= 0.6 is 15.9 Å². The molecule has 0 fully saturated rings. The normalized spacial score (nSPS) is 18.7. The van der Waals surface area contributed by atoms with Crippen LogP contribution in [0.15, 0.2) is 22.7 Å². The summed E-state index contributed by atoms with van der Waals surface area (Å²) in [5.41, 5.74) is 2.62. The standard InChI is InChI=1S/C11H15BrN2/c1-11(2)7-14(3)10-5-4-8(12)6-9(10)13-11/h4-6,13H,7H2,1-3H3. The van der Waals surface area contributed by atoms with Crippen LogP contribution < -0.4 is 10.2 Å². The van der Waals surface area contributed by atoms with Gasteiger partial charge in [0.05, 0.1) is 11.4 Å². The summed E-state index contributed by atoms with van der Waals surface area (Å²) in [6.45, 7) is 5.46. The molecule has 0 saturated heterocycles.